The standard InChI is InChI=1S/C39H56N2O5/c1-2-3-4-5-6-7-8-9-10-11-12-13-14-15-16-27-36(42)35(40)26-21-28-39(41,37(43)44)38(45)46-29-34-32-24-19-17-22-30(32)31-23-18-20-25-33(31)34/h9-10,17-20,22-25,34-35H,2-8,11-16,21,26-29,40-41H2,1H3,(H,43,44)/b10-9-/t35?,39-/m0/s1. The molecular weight excluding hydrogens is 576 g/mol. The number of hydrogen-bond donors (Lipinski definition) is 3. The Morgan fingerprint density at radius 2 is 1.33 bits per heavy atom. The lowest BCUT2D eigenvalue weighted by Crippen LogP contribution is -2.56. The molecule has 7 nitrogen and oxygen atoms in total. The van der Waals surface area contributed by atoms with Crippen LogP contribution in [0.3, 0.4) is 0 Å². The molecule has 2 aromatic carbocycles. The number of ketones is 1. The second-order valence-corrected chi connectivity index (χ2v) is 12.9. The number of Topliss-reactive ketones (excluding diaryl/α,β-unsaturated/α-hetero) is 1. The van der Waals surface area contributed by atoms with Crippen molar-refractivity contribution < 1.29 is 24.2 Å². The Hall–Kier alpha value is -3.29. The number of fused-ring (bicyclic) bond motifs is 3. The molecule has 2 aromatic rings. The first-order chi connectivity index (χ1) is 22.3. The average Bonchev–Trinajstić information content (AvgIpc) is 3.38. The largest absolute Gasteiger partial charge is 0.479 e. The second kappa shape index (κ2) is 20.1. The van der Waals surface area contributed by atoms with Crippen LogP contribution in [0.2, 0.25) is 0 Å². The van der Waals surface area contributed by atoms with Crippen molar-refractivity contribution in [3.63, 3.8) is 0 Å². The first kappa shape index (κ1) is 37.2. The van der Waals surface area contributed by atoms with Crippen molar-refractivity contribution in [3.05, 3.63) is 71.8 Å². The van der Waals surface area contributed by atoms with Gasteiger partial charge in [-0.2, -0.15) is 0 Å². The molecule has 0 aliphatic heterocycles. The van der Waals surface area contributed by atoms with Gasteiger partial charge >= 0.3 is 11.9 Å². The lowest BCUT2D eigenvalue weighted by Gasteiger charge is -2.24. The summed E-state index contributed by atoms with van der Waals surface area (Å²) in [4.78, 5) is 37.7. The molecule has 2 atom stereocenters. The second-order valence-electron chi connectivity index (χ2n) is 12.9. The Bertz CT molecular complexity index is 1230. The van der Waals surface area contributed by atoms with Crippen molar-refractivity contribution in [2.75, 3.05) is 6.61 Å². The summed E-state index contributed by atoms with van der Waals surface area (Å²) in [7, 11) is 0. The summed E-state index contributed by atoms with van der Waals surface area (Å²) in [6.45, 7) is 2.24. The molecule has 0 radical (unpaired) electrons. The number of benzene rings is 2. The topological polar surface area (TPSA) is 133 Å². The van der Waals surface area contributed by atoms with E-state index in [9.17, 15) is 19.5 Å². The minimum absolute atomic E-state index is 0.00690. The number of rotatable bonds is 24. The van der Waals surface area contributed by atoms with E-state index in [0.29, 0.717) is 6.42 Å². The molecule has 0 bridgehead atoms. The Balaban J connectivity index is 1.30. The highest BCUT2D eigenvalue weighted by Crippen LogP contribution is 2.44. The van der Waals surface area contributed by atoms with Crippen LogP contribution in [-0.4, -0.2) is 41.0 Å². The smallest absolute Gasteiger partial charge is 0.337 e. The quantitative estimate of drug-likeness (QED) is 0.0459. The number of carboxylic acid groups (broad SMARTS) is 1. The molecule has 0 saturated heterocycles. The molecule has 1 aliphatic carbocycles. The fourth-order valence-corrected chi connectivity index (χ4v) is 6.34. The molecule has 0 amide bonds. The molecule has 1 unspecified atom stereocenters. The van der Waals surface area contributed by atoms with Crippen molar-refractivity contribution >= 4 is 17.7 Å². The number of carboxylic acids is 1. The maximum Gasteiger partial charge on any atom is 0.337 e. The lowest BCUT2D eigenvalue weighted by molar-refractivity contribution is -0.161. The van der Waals surface area contributed by atoms with E-state index < -0.39 is 23.5 Å². The molecule has 7 heteroatoms. The van der Waals surface area contributed by atoms with Crippen molar-refractivity contribution in [2.45, 2.75) is 134 Å². The summed E-state index contributed by atoms with van der Waals surface area (Å²) < 4.78 is 5.56. The van der Waals surface area contributed by atoms with Gasteiger partial charge in [-0.3, -0.25) is 4.79 Å². The lowest BCUT2D eigenvalue weighted by atomic mass is 9.91. The Morgan fingerprint density at radius 1 is 0.804 bits per heavy atom. The summed E-state index contributed by atoms with van der Waals surface area (Å²) in [5.41, 5.74) is 14.3. The van der Waals surface area contributed by atoms with Gasteiger partial charge in [0.1, 0.15) is 12.4 Å². The fourth-order valence-electron chi connectivity index (χ4n) is 6.34. The van der Waals surface area contributed by atoms with Crippen LogP contribution >= 0.6 is 0 Å². The number of hydrogen-bond acceptors (Lipinski definition) is 6. The number of aliphatic carboxylic acids is 1. The maximum absolute atomic E-state index is 13.0. The molecule has 0 saturated carbocycles. The number of unbranched alkanes of at least 4 members (excludes halogenated alkanes) is 11. The van der Waals surface area contributed by atoms with Crippen LogP contribution in [0.25, 0.3) is 11.1 Å². The monoisotopic (exact) mass is 632 g/mol. The predicted molar refractivity (Wildman–Crippen MR) is 186 cm³/mol. The van der Waals surface area contributed by atoms with Gasteiger partial charge in [0.15, 0.2) is 0 Å². The van der Waals surface area contributed by atoms with Crippen LogP contribution in [0, 0.1) is 0 Å². The van der Waals surface area contributed by atoms with E-state index in [-0.39, 0.29) is 37.6 Å². The number of ether oxygens (including phenoxy) is 1. The average molecular weight is 633 g/mol. The third-order valence-electron chi connectivity index (χ3n) is 9.27. The van der Waals surface area contributed by atoms with Gasteiger partial charge in [-0.1, -0.05) is 119 Å². The van der Waals surface area contributed by atoms with E-state index in [1.54, 1.807) is 0 Å². The molecule has 0 aromatic heterocycles. The van der Waals surface area contributed by atoms with Crippen LogP contribution in [0.1, 0.15) is 133 Å². The molecule has 5 N–H and O–H groups in total. The van der Waals surface area contributed by atoms with Crippen LogP contribution in [0.15, 0.2) is 60.7 Å². The molecule has 0 spiro atoms. The minimum Gasteiger partial charge on any atom is -0.479 e. The van der Waals surface area contributed by atoms with Gasteiger partial charge in [-0.05, 0) is 73.6 Å². The van der Waals surface area contributed by atoms with E-state index >= 15 is 0 Å². The summed E-state index contributed by atoms with van der Waals surface area (Å²) in [6, 6.07) is 15.2. The van der Waals surface area contributed by atoms with Crippen LogP contribution in [0.4, 0.5) is 0 Å². The maximum atomic E-state index is 13.0. The van der Waals surface area contributed by atoms with Crippen molar-refractivity contribution in [2.24, 2.45) is 11.5 Å². The Labute approximate surface area is 276 Å². The van der Waals surface area contributed by atoms with Gasteiger partial charge in [0.05, 0.1) is 6.04 Å². The number of carbonyl (C=O) groups is 3. The highest BCUT2D eigenvalue weighted by molar-refractivity contribution is 6.03. The zero-order valence-electron chi connectivity index (χ0n) is 27.9. The van der Waals surface area contributed by atoms with Crippen molar-refractivity contribution in [1.82, 2.24) is 0 Å². The number of allylic oxidation sites excluding steroid dienone is 2. The van der Waals surface area contributed by atoms with E-state index in [1.165, 1.54) is 51.4 Å². The van der Waals surface area contributed by atoms with Crippen LogP contribution in [-0.2, 0) is 19.1 Å². The molecule has 252 valence electrons. The van der Waals surface area contributed by atoms with Gasteiger partial charge in [-0.15, -0.1) is 0 Å². The number of esters is 1. The third-order valence-corrected chi connectivity index (χ3v) is 9.27. The Kier molecular flexibility index (Phi) is 16.2. The van der Waals surface area contributed by atoms with E-state index in [1.807, 2.05) is 48.5 Å². The first-order valence-electron chi connectivity index (χ1n) is 17.6. The summed E-state index contributed by atoms with van der Waals surface area (Å²) >= 11 is 0. The van der Waals surface area contributed by atoms with E-state index in [0.717, 1.165) is 54.4 Å². The molecule has 3 rings (SSSR count). The van der Waals surface area contributed by atoms with Crippen LogP contribution < -0.4 is 11.5 Å². The summed E-state index contributed by atoms with van der Waals surface area (Å²) in [5, 5.41) is 9.86. The van der Waals surface area contributed by atoms with Gasteiger partial charge in [0.2, 0.25) is 5.54 Å². The minimum atomic E-state index is -2.20. The van der Waals surface area contributed by atoms with Crippen molar-refractivity contribution in [3.8, 4) is 11.1 Å². The van der Waals surface area contributed by atoms with Crippen molar-refractivity contribution in [1.29, 1.82) is 0 Å². The highest BCUT2D eigenvalue weighted by atomic mass is 16.5. The van der Waals surface area contributed by atoms with E-state index in [4.69, 9.17) is 16.2 Å². The first-order valence-corrected chi connectivity index (χ1v) is 17.6. The molecule has 0 heterocycles. The normalized spacial score (nSPS) is 14.5. The highest BCUT2D eigenvalue weighted by Gasteiger charge is 2.44. The summed E-state index contributed by atoms with van der Waals surface area (Å²) in [6.07, 6.45) is 20.9. The predicted octanol–water partition coefficient (Wildman–Crippen LogP) is 8.23. The molecule has 0 fully saturated rings. The van der Waals surface area contributed by atoms with Gasteiger partial charge in [-0.25, -0.2) is 9.59 Å². The number of carbonyl (C=O) groups excluding carboxylic acids is 2. The summed E-state index contributed by atoms with van der Waals surface area (Å²) in [5.74, 6) is -2.65. The third kappa shape index (κ3) is 11.2. The Morgan fingerprint density at radius 3 is 1.89 bits per heavy atom. The van der Waals surface area contributed by atoms with Gasteiger partial charge < -0.3 is 21.3 Å². The zero-order valence-corrected chi connectivity index (χ0v) is 27.9. The fraction of sp³-hybridized carbons (Fsp3) is 0.564. The van der Waals surface area contributed by atoms with Crippen LogP contribution in [0.5, 0.6) is 0 Å². The number of nitrogens with two attached hydrogens (primary N) is 2. The SMILES string of the molecule is CCCCCCCC/C=C\CCCCCCCC(=O)C(N)CCC[C@](N)(C(=O)O)C(=O)OCC1c2ccccc2-c2ccccc21. The molecule has 1 aliphatic rings. The van der Waals surface area contributed by atoms with E-state index in [2.05, 4.69) is 19.1 Å². The molecule has 46 heavy (non-hydrogen) atoms. The van der Waals surface area contributed by atoms with Gasteiger partial charge in [0.25, 0.3) is 0 Å². The zero-order chi connectivity index (χ0) is 33.2. The van der Waals surface area contributed by atoms with Gasteiger partial charge in [0, 0.05) is 12.3 Å². The molecular formula is C39H56N2O5.